The highest BCUT2D eigenvalue weighted by Gasteiger charge is 2.24. The third-order valence-corrected chi connectivity index (χ3v) is 4.30. The fourth-order valence-electron chi connectivity index (χ4n) is 3.08. The van der Waals surface area contributed by atoms with Gasteiger partial charge in [0.15, 0.2) is 11.5 Å². The number of hydrogen-bond acceptors (Lipinski definition) is 3. The fourth-order valence-corrected chi connectivity index (χ4v) is 3.08. The third kappa shape index (κ3) is 2.24. The largest absolute Gasteiger partial charge is 0.476 e. The molecule has 5 heteroatoms. The average Bonchev–Trinajstić information content (AvgIpc) is 2.99. The molecule has 0 spiro atoms. The Bertz CT molecular complexity index is 635. The van der Waals surface area contributed by atoms with E-state index in [0.717, 1.165) is 6.54 Å². The highest BCUT2D eigenvalue weighted by atomic mass is 16.4. The summed E-state index contributed by atoms with van der Waals surface area (Å²) in [6.45, 7) is 3.06. The van der Waals surface area contributed by atoms with Crippen molar-refractivity contribution in [1.82, 2.24) is 9.38 Å². The zero-order valence-electron chi connectivity index (χ0n) is 11.5. The zero-order valence-corrected chi connectivity index (χ0v) is 11.5. The molecule has 1 aliphatic rings. The van der Waals surface area contributed by atoms with Crippen molar-refractivity contribution in [2.24, 2.45) is 11.8 Å². The number of carboxylic acid groups (broad SMARTS) is 1. The number of hydrogen-bond donors (Lipinski definition) is 2. The van der Waals surface area contributed by atoms with Crippen molar-refractivity contribution in [2.75, 3.05) is 11.9 Å². The molecule has 20 heavy (non-hydrogen) atoms. The molecule has 0 saturated heterocycles. The molecular formula is C15H19N3O2. The topological polar surface area (TPSA) is 66.6 Å². The number of aromatic carboxylic acids is 1. The van der Waals surface area contributed by atoms with E-state index in [1.807, 2.05) is 18.2 Å². The standard InChI is InChI=1S/C15H19N3O2/c1-10-5-4-6-11(10)9-16-14-13(15(19)20)18-8-3-2-7-12(18)17-14/h2-3,7-8,10-11,16H,4-6,9H2,1H3,(H,19,20). The van der Waals surface area contributed by atoms with E-state index in [-0.39, 0.29) is 5.69 Å². The van der Waals surface area contributed by atoms with Crippen molar-refractivity contribution >= 4 is 17.4 Å². The lowest BCUT2D eigenvalue weighted by molar-refractivity contribution is 0.0690. The Balaban J connectivity index is 1.87. The number of carbonyl (C=O) groups is 1. The lowest BCUT2D eigenvalue weighted by Crippen LogP contribution is -2.18. The first-order valence-electron chi connectivity index (χ1n) is 7.11. The summed E-state index contributed by atoms with van der Waals surface area (Å²) in [7, 11) is 0. The Morgan fingerprint density at radius 3 is 3.05 bits per heavy atom. The number of anilines is 1. The first-order chi connectivity index (χ1) is 9.66. The normalized spacial score (nSPS) is 22.2. The Labute approximate surface area is 117 Å². The van der Waals surface area contributed by atoms with E-state index in [1.54, 1.807) is 10.6 Å². The second-order valence-corrected chi connectivity index (χ2v) is 5.59. The SMILES string of the molecule is CC1CCCC1CNc1nc2ccccn2c1C(=O)O. The van der Waals surface area contributed by atoms with E-state index in [0.29, 0.717) is 23.3 Å². The molecule has 1 saturated carbocycles. The second kappa shape index (κ2) is 5.15. The van der Waals surface area contributed by atoms with Gasteiger partial charge in [0.2, 0.25) is 0 Å². The number of rotatable bonds is 4. The number of nitrogens with one attached hydrogen (secondary N) is 1. The molecule has 2 aromatic heterocycles. The van der Waals surface area contributed by atoms with Crippen LogP contribution in [-0.2, 0) is 0 Å². The van der Waals surface area contributed by atoms with Crippen LogP contribution in [0.1, 0.15) is 36.7 Å². The summed E-state index contributed by atoms with van der Waals surface area (Å²) < 4.78 is 1.61. The minimum Gasteiger partial charge on any atom is -0.476 e. The molecule has 2 heterocycles. The molecule has 1 fully saturated rings. The first-order valence-corrected chi connectivity index (χ1v) is 7.11. The van der Waals surface area contributed by atoms with Gasteiger partial charge >= 0.3 is 5.97 Å². The van der Waals surface area contributed by atoms with Crippen LogP contribution in [0.5, 0.6) is 0 Å². The van der Waals surface area contributed by atoms with E-state index < -0.39 is 5.97 Å². The van der Waals surface area contributed by atoms with E-state index >= 15 is 0 Å². The fraction of sp³-hybridized carbons (Fsp3) is 0.467. The van der Waals surface area contributed by atoms with Gasteiger partial charge in [-0.15, -0.1) is 0 Å². The third-order valence-electron chi connectivity index (χ3n) is 4.30. The monoisotopic (exact) mass is 273 g/mol. The summed E-state index contributed by atoms with van der Waals surface area (Å²) in [5.74, 6) is 0.836. The summed E-state index contributed by atoms with van der Waals surface area (Å²) in [4.78, 5) is 15.8. The van der Waals surface area contributed by atoms with Gasteiger partial charge in [0, 0.05) is 12.7 Å². The summed E-state index contributed by atoms with van der Waals surface area (Å²) in [6, 6.07) is 5.48. The molecule has 106 valence electrons. The molecule has 0 aromatic carbocycles. The van der Waals surface area contributed by atoms with Crippen molar-refractivity contribution < 1.29 is 9.90 Å². The van der Waals surface area contributed by atoms with Gasteiger partial charge in [0.25, 0.3) is 0 Å². The van der Waals surface area contributed by atoms with Gasteiger partial charge in [-0.1, -0.05) is 25.8 Å². The predicted molar refractivity (Wildman–Crippen MR) is 77.1 cm³/mol. The molecule has 2 atom stereocenters. The quantitative estimate of drug-likeness (QED) is 0.899. The van der Waals surface area contributed by atoms with Gasteiger partial charge in [-0.3, -0.25) is 4.40 Å². The number of imidazole rings is 1. The van der Waals surface area contributed by atoms with Crippen molar-refractivity contribution in [2.45, 2.75) is 26.2 Å². The number of aromatic nitrogens is 2. The van der Waals surface area contributed by atoms with Gasteiger partial charge in [-0.2, -0.15) is 0 Å². The van der Waals surface area contributed by atoms with E-state index in [4.69, 9.17) is 0 Å². The minimum absolute atomic E-state index is 0.214. The molecule has 0 radical (unpaired) electrons. The van der Waals surface area contributed by atoms with Gasteiger partial charge in [-0.05, 0) is 30.4 Å². The predicted octanol–water partition coefficient (Wildman–Crippen LogP) is 2.88. The highest BCUT2D eigenvalue weighted by Crippen LogP contribution is 2.31. The highest BCUT2D eigenvalue weighted by molar-refractivity contribution is 5.92. The number of carboxylic acids is 1. The maximum absolute atomic E-state index is 11.5. The van der Waals surface area contributed by atoms with Crippen LogP contribution in [0.25, 0.3) is 5.65 Å². The van der Waals surface area contributed by atoms with Gasteiger partial charge < -0.3 is 10.4 Å². The Morgan fingerprint density at radius 1 is 1.50 bits per heavy atom. The molecule has 2 aromatic rings. The van der Waals surface area contributed by atoms with Gasteiger partial charge in [0.05, 0.1) is 0 Å². The summed E-state index contributed by atoms with van der Waals surface area (Å²) in [6.07, 6.45) is 5.48. The zero-order chi connectivity index (χ0) is 14.1. The molecule has 3 rings (SSSR count). The molecule has 2 N–H and O–H groups in total. The number of fused-ring (bicyclic) bond motifs is 1. The van der Waals surface area contributed by atoms with Crippen LogP contribution in [0.2, 0.25) is 0 Å². The van der Waals surface area contributed by atoms with Gasteiger partial charge in [-0.25, -0.2) is 9.78 Å². The molecule has 2 unspecified atom stereocenters. The van der Waals surface area contributed by atoms with Crippen LogP contribution in [0.4, 0.5) is 5.82 Å². The molecule has 1 aliphatic carbocycles. The van der Waals surface area contributed by atoms with Crippen LogP contribution < -0.4 is 5.32 Å². The van der Waals surface area contributed by atoms with Crippen LogP contribution in [0.15, 0.2) is 24.4 Å². The minimum atomic E-state index is -0.953. The van der Waals surface area contributed by atoms with E-state index in [9.17, 15) is 9.90 Å². The molecular weight excluding hydrogens is 254 g/mol. The maximum Gasteiger partial charge on any atom is 0.356 e. The Morgan fingerprint density at radius 2 is 2.35 bits per heavy atom. The van der Waals surface area contributed by atoms with E-state index in [1.165, 1.54) is 19.3 Å². The number of nitrogens with zero attached hydrogens (tertiary/aromatic N) is 2. The van der Waals surface area contributed by atoms with Gasteiger partial charge in [0.1, 0.15) is 5.65 Å². The van der Waals surface area contributed by atoms with Crippen LogP contribution >= 0.6 is 0 Å². The van der Waals surface area contributed by atoms with Crippen molar-refractivity contribution in [3.63, 3.8) is 0 Å². The lowest BCUT2D eigenvalue weighted by Gasteiger charge is -2.15. The van der Waals surface area contributed by atoms with Crippen molar-refractivity contribution in [3.8, 4) is 0 Å². The summed E-state index contributed by atoms with van der Waals surface area (Å²) >= 11 is 0. The molecule has 0 amide bonds. The van der Waals surface area contributed by atoms with Crippen molar-refractivity contribution in [1.29, 1.82) is 0 Å². The molecule has 0 bridgehead atoms. The van der Waals surface area contributed by atoms with Crippen LogP contribution in [-0.4, -0.2) is 27.0 Å². The van der Waals surface area contributed by atoms with Crippen LogP contribution in [0.3, 0.4) is 0 Å². The first kappa shape index (κ1) is 13.0. The Hall–Kier alpha value is -2.04. The summed E-state index contributed by atoms with van der Waals surface area (Å²) in [5, 5.41) is 12.6. The molecule has 0 aliphatic heterocycles. The molecule has 5 nitrogen and oxygen atoms in total. The lowest BCUT2D eigenvalue weighted by atomic mass is 9.98. The second-order valence-electron chi connectivity index (χ2n) is 5.59. The number of pyridine rings is 1. The Kier molecular flexibility index (Phi) is 3.34. The summed E-state index contributed by atoms with van der Waals surface area (Å²) in [5.41, 5.74) is 0.873. The van der Waals surface area contributed by atoms with Crippen LogP contribution in [0, 0.1) is 11.8 Å². The smallest absolute Gasteiger partial charge is 0.356 e. The average molecular weight is 273 g/mol. The van der Waals surface area contributed by atoms with E-state index in [2.05, 4.69) is 17.2 Å². The van der Waals surface area contributed by atoms with Crippen molar-refractivity contribution in [3.05, 3.63) is 30.1 Å². The maximum atomic E-state index is 11.5.